The van der Waals surface area contributed by atoms with Gasteiger partial charge < -0.3 is 16.4 Å². The molecule has 2 aromatic heterocycles. The molecule has 1 atom stereocenters. The minimum atomic E-state index is -0.495. The molecular formula is C23H27N5O2. The van der Waals surface area contributed by atoms with Gasteiger partial charge in [-0.15, -0.1) is 0 Å². The van der Waals surface area contributed by atoms with E-state index >= 15 is 0 Å². The predicted molar refractivity (Wildman–Crippen MR) is 118 cm³/mol. The molecule has 0 spiro atoms. The average molecular weight is 406 g/mol. The van der Waals surface area contributed by atoms with Crippen LogP contribution in [0.4, 0.5) is 11.4 Å². The molecule has 1 aliphatic carbocycles. The second kappa shape index (κ2) is 7.48. The highest BCUT2D eigenvalue weighted by Gasteiger charge is 2.35. The van der Waals surface area contributed by atoms with Crippen molar-refractivity contribution in [2.75, 3.05) is 10.6 Å². The summed E-state index contributed by atoms with van der Waals surface area (Å²) in [6.45, 7) is 5.98. The van der Waals surface area contributed by atoms with Crippen molar-refractivity contribution in [2.45, 2.75) is 46.1 Å². The van der Waals surface area contributed by atoms with Crippen molar-refractivity contribution in [1.82, 2.24) is 9.61 Å². The van der Waals surface area contributed by atoms with E-state index in [-0.39, 0.29) is 17.4 Å². The molecule has 7 nitrogen and oxygen atoms in total. The molecule has 2 heterocycles. The minimum Gasteiger partial charge on any atom is -0.379 e. The van der Waals surface area contributed by atoms with E-state index in [4.69, 9.17) is 5.73 Å². The molecule has 4 rings (SSSR count). The molecule has 2 amide bonds. The largest absolute Gasteiger partial charge is 0.379 e. The van der Waals surface area contributed by atoms with E-state index in [0.29, 0.717) is 5.56 Å². The van der Waals surface area contributed by atoms with E-state index in [2.05, 4.69) is 29.6 Å². The van der Waals surface area contributed by atoms with Gasteiger partial charge in [0.15, 0.2) is 0 Å². The first-order chi connectivity index (χ1) is 14.2. The van der Waals surface area contributed by atoms with Crippen LogP contribution >= 0.6 is 0 Å². The third kappa shape index (κ3) is 3.75. The molecule has 0 aliphatic heterocycles. The van der Waals surface area contributed by atoms with Crippen molar-refractivity contribution in [3.8, 4) is 11.1 Å². The predicted octanol–water partition coefficient (Wildman–Crippen LogP) is 4.05. The second-order valence-corrected chi connectivity index (χ2v) is 8.69. The summed E-state index contributed by atoms with van der Waals surface area (Å²) in [5.41, 5.74) is 10.4. The summed E-state index contributed by atoms with van der Waals surface area (Å²) in [6, 6.07) is 9.89. The molecule has 0 saturated heterocycles. The van der Waals surface area contributed by atoms with Gasteiger partial charge in [0.2, 0.25) is 5.91 Å². The quantitative estimate of drug-likeness (QED) is 0.596. The topological polar surface area (TPSA) is 102 Å². The molecule has 1 aliphatic rings. The van der Waals surface area contributed by atoms with Crippen LogP contribution in [-0.4, -0.2) is 27.5 Å². The van der Waals surface area contributed by atoms with E-state index in [0.717, 1.165) is 47.3 Å². The summed E-state index contributed by atoms with van der Waals surface area (Å²) >= 11 is 0. The number of benzene rings is 1. The van der Waals surface area contributed by atoms with Crippen molar-refractivity contribution in [3.63, 3.8) is 0 Å². The summed E-state index contributed by atoms with van der Waals surface area (Å²) < 4.78 is 1.77. The van der Waals surface area contributed by atoms with Crippen LogP contribution in [-0.2, 0) is 4.79 Å². The maximum atomic E-state index is 12.1. The van der Waals surface area contributed by atoms with Gasteiger partial charge >= 0.3 is 0 Å². The third-order valence-corrected chi connectivity index (χ3v) is 6.02. The number of hydrogen-bond acceptors (Lipinski definition) is 4. The Kier molecular flexibility index (Phi) is 4.97. The molecule has 1 aromatic carbocycles. The fourth-order valence-electron chi connectivity index (χ4n) is 4.27. The van der Waals surface area contributed by atoms with Gasteiger partial charge in [0.25, 0.3) is 5.91 Å². The molecular weight excluding hydrogens is 378 g/mol. The Balaban J connectivity index is 1.75. The fraction of sp³-hybridized carbons (Fsp3) is 0.348. The molecule has 0 radical (unpaired) electrons. The zero-order valence-corrected chi connectivity index (χ0v) is 17.5. The fourth-order valence-corrected chi connectivity index (χ4v) is 4.27. The summed E-state index contributed by atoms with van der Waals surface area (Å²) in [7, 11) is 0. The number of rotatable bonds is 5. The van der Waals surface area contributed by atoms with Gasteiger partial charge in [0.1, 0.15) is 0 Å². The summed E-state index contributed by atoms with van der Waals surface area (Å²) in [4.78, 5) is 23.3. The SMILES string of the molecule is CC(=O)Nc1ccc(-c2cc3c(N[C@@H]4CCCC4(C)C)c(C(N)=O)cnn3c2)cc1. The number of aromatic nitrogens is 2. The highest BCUT2D eigenvalue weighted by molar-refractivity contribution is 6.02. The Morgan fingerprint density at radius 2 is 1.93 bits per heavy atom. The second-order valence-electron chi connectivity index (χ2n) is 8.69. The lowest BCUT2D eigenvalue weighted by Crippen LogP contribution is -2.32. The highest BCUT2D eigenvalue weighted by Crippen LogP contribution is 2.40. The molecule has 156 valence electrons. The van der Waals surface area contributed by atoms with Gasteiger partial charge in [0.05, 0.1) is 23.0 Å². The monoisotopic (exact) mass is 405 g/mol. The number of nitrogens with zero attached hydrogens (tertiary/aromatic N) is 2. The maximum Gasteiger partial charge on any atom is 0.252 e. The first kappa shape index (κ1) is 19.9. The summed E-state index contributed by atoms with van der Waals surface area (Å²) in [6.07, 6.45) is 6.81. The van der Waals surface area contributed by atoms with E-state index in [9.17, 15) is 9.59 Å². The lowest BCUT2D eigenvalue weighted by atomic mass is 9.87. The molecule has 1 saturated carbocycles. The molecule has 0 bridgehead atoms. The van der Waals surface area contributed by atoms with Crippen molar-refractivity contribution >= 4 is 28.7 Å². The molecule has 30 heavy (non-hydrogen) atoms. The molecule has 3 aromatic rings. The standard InChI is InChI=1S/C23H27N5O2/c1-14(29)26-17-8-6-15(7-9-17)16-11-19-21(27-20-5-4-10-23(20,2)3)18(22(24)30)12-25-28(19)13-16/h6-9,11-13,20,27H,4-5,10H2,1-3H3,(H2,24,30)(H,26,29)/t20-/m1/s1. The summed E-state index contributed by atoms with van der Waals surface area (Å²) in [5.74, 6) is -0.600. The Labute approximate surface area is 175 Å². The van der Waals surface area contributed by atoms with Gasteiger partial charge in [-0.1, -0.05) is 32.4 Å². The highest BCUT2D eigenvalue weighted by atomic mass is 16.1. The van der Waals surface area contributed by atoms with Gasteiger partial charge in [-0.25, -0.2) is 4.52 Å². The van der Waals surface area contributed by atoms with Crippen LogP contribution in [0.15, 0.2) is 42.7 Å². The van der Waals surface area contributed by atoms with Crippen molar-refractivity contribution < 1.29 is 9.59 Å². The van der Waals surface area contributed by atoms with E-state index in [1.54, 1.807) is 4.52 Å². The van der Waals surface area contributed by atoms with Gasteiger partial charge in [-0.3, -0.25) is 9.59 Å². The van der Waals surface area contributed by atoms with Crippen molar-refractivity contribution in [2.24, 2.45) is 11.1 Å². The number of nitrogens with two attached hydrogens (primary N) is 1. The number of carbonyl (C=O) groups excluding carboxylic acids is 2. The van der Waals surface area contributed by atoms with E-state index < -0.39 is 5.91 Å². The normalized spacial score (nSPS) is 17.8. The minimum absolute atomic E-state index is 0.105. The Hall–Kier alpha value is -3.35. The van der Waals surface area contributed by atoms with Crippen LogP contribution in [0.5, 0.6) is 0 Å². The van der Waals surface area contributed by atoms with Gasteiger partial charge in [0, 0.05) is 30.4 Å². The average Bonchev–Trinajstić information content (AvgIpc) is 3.25. The van der Waals surface area contributed by atoms with Crippen molar-refractivity contribution in [1.29, 1.82) is 0 Å². The summed E-state index contributed by atoms with van der Waals surface area (Å²) in [5, 5.41) is 10.8. The smallest absolute Gasteiger partial charge is 0.252 e. The van der Waals surface area contributed by atoms with Crippen LogP contribution in [0.25, 0.3) is 16.6 Å². The first-order valence-corrected chi connectivity index (χ1v) is 10.2. The first-order valence-electron chi connectivity index (χ1n) is 10.2. The number of hydrogen-bond donors (Lipinski definition) is 3. The number of primary amides is 1. The third-order valence-electron chi connectivity index (χ3n) is 6.02. The van der Waals surface area contributed by atoms with Crippen LogP contribution in [0.2, 0.25) is 0 Å². The molecule has 0 unspecified atom stereocenters. The number of fused-ring (bicyclic) bond motifs is 1. The van der Waals surface area contributed by atoms with Crippen LogP contribution < -0.4 is 16.4 Å². The maximum absolute atomic E-state index is 12.1. The van der Waals surface area contributed by atoms with Gasteiger partial charge in [-0.05, 0) is 42.0 Å². The van der Waals surface area contributed by atoms with Crippen LogP contribution in [0, 0.1) is 5.41 Å². The lowest BCUT2D eigenvalue weighted by Gasteiger charge is -2.29. The zero-order chi connectivity index (χ0) is 21.5. The number of anilines is 2. The zero-order valence-electron chi connectivity index (χ0n) is 17.5. The van der Waals surface area contributed by atoms with Crippen molar-refractivity contribution in [3.05, 3.63) is 48.3 Å². The lowest BCUT2D eigenvalue weighted by molar-refractivity contribution is -0.114. The Morgan fingerprint density at radius 3 is 2.53 bits per heavy atom. The number of carbonyl (C=O) groups is 2. The Bertz CT molecular complexity index is 1110. The Morgan fingerprint density at radius 1 is 1.20 bits per heavy atom. The molecule has 1 fully saturated rings. The number of nitrogens with one attached hydrogen (secondary N) is 2. The van der Waals surface area contributed by atoms with Crippen LogP contribution in [0.1, 0.15) is 50.4 Å². The van der Waals surface area contributed by atoms with Gasteiger partial charge in [-0.2, -0.15) is 5.10 Å². The number of amides is 2. The van der Waals surface area contributed by atoms with E-state index in [1.165, 1.54) is 13.1 Å². The molecule has 7 heteroatoms. The van der Waals surface area contributed by atoms with E-state index in [1.807, 2.05) is 36.5 Å². The molecule has 4 N–H and O–H groups in total. The van der Waals surface area contributed by atoms with Crippen LogP contribution in [0.3, 0.4) is 0 Å².